The van der Waals surface area contributed by atoms with Crippen molar-refractivity contribution in [2.24, 2.45) is 4.99 Å². The first-order chi connectivity index (χ1) is 11.1. The second-order valence-corrected chi connectivity index (χ2v) is 5.83. The molecule has 23 heavy (non-hydrogen) atoms. The summed E-state index contributed by atoms with van der Waals surface area (Å²) >= 11 is 1.34. The van der Waals surface area contributed by atoms with Gasteiger partial charge in [0.2, 0.25) is 0 Å². The molecule has 0 radical (unpaired) electrons. The van der Waals surface area contributed by atoms with E-state index in [1.807, 2.05) is 5.38 Å². The molecule has 0 saturated heterocycles. The number of rotatable bonds is 3. The second-order valence-electron chi connectivity index (χ2n) is 4.96. The largest absolute Gasteiger partial charge is 0.319 e. The standard InChI is InChI=1S/C17H14FN3OS/c1-12-14(6-4-8-19-12)16(22)20-17-21(9-10-23-17)11-13-5-2-3-7-15(13)18/h2-10H,11H2,1H3. The van der Waals surface area contributed by atoms with E-state index in [-0.39, 0.29) is 11.7 Å². The fourth-order valence-electron chi connectivity index (χ4n) is 2.17. The predicted octanol–water partition coefficient (Wildman–Crippen LogP) is 3.18. The van der Waals surface area contributed by atoms with Crippen LogP contribution in [0.3, 0.4) is 0 Å². The van der Waals surface area contributed by atoms with Crippen LogP contribution in [0.2, 0.25) is 0 Å². The van der Waals surface area contributed by atoms with Crippen LogP contribution in [0.25, 0.3) is 0 Å². The maximum atomic E-state index is 13.8. The van der Waals surface area contributed by atoms with E-state index < -0.39 is 0 Å². The van der Waals surface area contributed by atoms with E-state index >= 15 is 0 Å². The number of hydrogen-bond acceptors (Lipinski definition) is 3. The van der Waals surface area contributed by atoms with Crippen LogP contribution < -0.4 is 4.80 Å². The molecule has 0 spiro atoms. The molecule has 1 aromatic carbocycles. The van der Waals surface area contributed by atoms with Gasteiger partial charge in [-0.2, -0.15) is 4.99 Å². The molecule has 1 amide bonds. The van der Waals surface area contributed by atoms with E-state index in [2.05, 4.69) is 9.98 Å². The molecule has 0 saturated carbocycles. The van der Waals surface area contributed by atoms with Crippen molar-refractivity contribution in [3.63, 3.8) is 0 Å². The van der Waals surface area contributed by atoms with Crippen molar-refractivity contribution in [3.05, 3.63) is 81.6 Å². The molecule has 6 heteroatoms. The van der Waals surface area contributed by atoms with Gasteiger partial charge in [-0.1, -0.05) is 18.2 Å². The summed E-state index contributed by atoms with van der Waals surface area (Å²) in [5.74, 6) is -0.619. The number of benzene rings is 1. The lowest BCUT2D eigenvalue weighted by Crippen LogP contribution is -2.18. The molecule has 0 aliphatic carbocycles. The second kappa shape index (κ2) is 6.66. The third kappa shape index (κ3) is 3.43. The Morgan fingerprint density at radius 3 is 2.91 bits per heavy atom. The van der Waals surface area contributed by atoms with Crippen molar-refractivity contribution in [2.75, 3.05) is 0 Å². The summed E-state index contributed by atoms with van der Waals surface area (Å²) in [4.78, 5) is 21.1. The Kier molecular flexibility index (Phi) is 4.43. The smallest absolute Gasteiger partial charge is 0.281 e. The molecule has 4 nitrogen and oxygen atoms in total. The van der Waals surface area contributed by atoms with Gasteiger partial charge in [-0.15, -0.1) is 11.3 Å². The summed E-state index contributed by atoms with van der Waals surface area (Å²) in [7, 11) is 0. The van der Waals surface area contributed by atoms with Crippen LogP contribution in [0.5, 0.6) is 0 Å². The first-order valence-corrected chi connectivity index (χ1v) is 7.91. The normalized spacial score (nSPS) is 11.7. The number of thiazole rings is 1. The van der Waals surface area contributed by atoms with Crippen molar-refractivity contribution in [1.29, 1.82) is 0 Å². The number of aryl methyl sites for hydroxylation is 1. The molecule has 3 aromatic rings. The molecule has 0 fully saturated rings. The molecule has 0 N–H and O–H groups in total. The fourth-order valence-corrected chi connectivity index (χ4v) is 2.90. The van der Waals surface area contributed by atoms with Gasteiger partial charge in [-0.05, 0) is 25.1 Å². The lowest BCUT2D eigenvalue weighted by Gasteiger charge is -2.04. The van der Waals surface area contributed by atoms with Crippen molar-refractivity contribution in [2.45, 2.75) is 13.5 Å². The van der Waals surface area contributed by atoms with Crippen LogP contribution in [-0.2, 0) is 6.54 Å². The lowest BCUT2D eigenvalue weighted by atomic mass is 10.2. The van der Waals surface area contributed by atoms with Crippen LogP contribution in [0, 0.1) is 12.7 Å². The predicted molar refractivity (Wildman–Crippen MR) is 86.7 cm³/mol. The minimum Gasteiger partial charge on any atom is -0.319 e. The van der Waals surface area contributed by atoms with Crippen LogP contribution in [0.4, 0.5) is 4.39 Å². The number of pyridine rings is 1. The summed E-state index contributed by atoms with van der Waals surface area (Å²) < 4.78 is 15.5. The highest BCUT2D eigenvalue weighted by Crippen LogP contribution is 2.09. The number of aromatic nitrogens is 2. The zero-order valence-electron chi connectivity index (χ0n) is 12.4. The third-order valence-electron chi connectivity index (χ3n) is 3.39. The summed E-state index contributed by atoms with van der Waals surface area (Å²) in [6.07, 6.45) is 3.43. The number of amides is 1. The first kappa shape index (κ1) is 15.3. The van der Waals surface area contributed by atoms with E-state index in [1.165, 1.54) is 17.4 Å². The average Bonchev–Trinajstić information content (AvgIpc) is 2.97. The fraction of sp³-hybridized carbons (Fsp3) is 0.118. The van der Waals surface area contributed by atoms with Gasteiger partial charge in [0.1, 0.15) is 5.82 Å². The van der Waals surface area contributed by atoms with Crippen molar-refractivity contribution < 1.29 is 9.18 Å². The molecule has 0 aliphatic heterocycles. The maximum absolute atomic E-state index is 13.8. The van der Waals surface area contributed by atoms with Crippen LogP contribution >= 0.6 is 11.3 Å². The SMILES string of the molecule is Cc1ncccc1C(=O)N=c1sccn1Cc1ccccc1F. The Morgan fingerprint density at radius 1 is 1.30 bits per heavy atom. The van der Waals surface area contributed by atoms with Crippen molar-refractivity contribution in [1.82, 2.24) is 9.55 Å². The van der Waals surface area contributed by atoms with Gasteiger partial charge in [-0.3, -0.25) is 9.78 Å². The highest BCUT2D eigenvalue weighted by atomic mass is 32.1. The Labute approximate surface area is 136 Å². The molecule has 0 atom stereocenters. The van der Waals surface area contributed by atoms with Gasteiger partial charge in [0.05, 0.1) is 17.8 Å². The van der Waals surface area contributed by atoms with Crippen molar-refractivity contribution in [3.8, 4) is 0 Å². The van der Waals surface area contributed by atoms with Gasteiger partial charge in [0, 0.05) is 23.3 Å². The minimum atomic E-state index is -0.347. The summed E-state index contributed by atoms with van der Waals surface area (Å²) in [5, 5.41) is 1.82. The average molecular weight is 327 g/mol. The quantitative estimate of drug-likeness (QED) is 0.742. The third-order valence-corrected chi connectivity index (χ3v) is 4.19. The lowest BCUT2D eigenvalue weighted by molar-refractivity contribution is 0.0997. The number of nitrogens with zero attached hydrogens (tertiary/aromatic N) is 3. The van der Waals surface area contributed by atoms with Crippen molar-refractivity contribution >= 4 is 17.2 Å². The zero-order valence-corrected chi connectivity index (χ0v) is 13.3. The molecular formula is C17H14FN3OS. The van der Waals surface area contributed by atoms with Gasteiger partial charge in [0.15, 0.2) is 4.80 Å². The number of halogens is 1. The van der Waals surface area contributed by atoms with Gasteiger partial charge in [0.25, 0.3) is 5.91 Å². The topological polar surface area (TPSA) is 47.2 Å². The number of carbonyl (C=O) groups excluding carboxylic acids is 1. The van der Waals surface area contributed by atoms with E-state index in [9.17, 15) is 9.18 Å². The minimum absolute atomic E-state index is 0.272. The molecule has 3 rings (SSSR count). The van der Waals surface area contributed by atoms with E-state index in [0.29, 0.717) is 28.2 Å². The van der Waals surface area contributed by atoms with Gasteiger partial charge >= 0.3 is 0 Å². The van der Waals surface area contributed by atoms with Gasteiger partial charge < -0.3 is 4.57 Å². The zero-order chi connectivity index (χ0) is 16.2. The van der Waals surface area contributed by atoms with E-state index in [1.54, 1.807) is 54.2 Å². The summed E-state index contributed by atoms with van der Waals surface area (Å²) in [5.41, 5.74) is 1.66. The van der Waals surface area contributed by atoms with Crippen LogP contribution in [-0.4, -0.2) is 15.5 Å². The molecule has 2 aromatic heterocycles. The molecule has 0 unspecified atom stereocenters. The Hall–Kier alpha value is -2.60. The van der Waals surface area contributed by atoms with Crippen LogP contribution in [0.15, 0.2) is 59.2 Å². The highest BCUT2D eigenvalue weighted by Gasteiger charge is 2.09. The highest BCUT2D eigenvalue weighted by molar-refractivity contribution is 7.07. The molecule has 116 valence electrons. The molecule has 2 heterocycles. The molecule has 0 aliphatic rings. The Bertz CT molecular complexity index is 914. The number of carbonyl (C=O) groups is 1. The molecular weight excluding hydrogens is 313 g/mol. The number of hydrogen-bond donors (Lipinski definition) is 0. The van der Waals surface area contributed by atoms with E-state index in [4.69, 9.17) is 0 Å². The Balaban J connectivity index is 1.93. The maximum Gasteiger partial charge on any atom is 0.281 e. The van der Waals surface area contributed by atoms with Gasteiger partial charge in [-0.25, -0.2) is 4.39 Å². The Morgan fingerprint density at radius 2 is 2.13 bits per heavy atom. The summed E-state index contributed by atoms with van der Waals surface area (Å²) in [6.45, 7) is 2.10. The van der Waals surface area contributed by atoms with Crippen LogP contribution in [0.1, 0.15) is 21.6 Å². The first-order valence-electron chi connectivity index (χ1n) is 7.03. The molecule has 0 bridgehead atoms. The van der Waals surface area contributed by atoms with E-state index in [0.717, 1.165) is 0 Å². The monoisotopic (exact) mass is 327 g/mol. The summed E-state index contributed by atoms with van der Waals surface area (Å²) in [6, 6.07) is 9.98.